The van der Waals surface area contributed by atoms with Crippen LogP contribution in [0.3, 0.4) is 0 Å². The van der Waals surface area contributed by atoms with Crippen LogP contribution in [0.15, 0.2) is 30.0 Å². The van der Waals surface area contributed by atoms with Crippen molar-refractivity contribution in [2.75, 3.05) is 0 Å². The van der Waals surface area contributed by atoms with Crippen molar-refractivity contribution in [3.05, 3.63) is 41.1 Å². The Balaban J connectivity index is 2.97. The van der Waals surface area contributed by atoms with Crippen LogP contribution < -0.4 is 5.73 Å². The molecule has 0 fully saturated rings. The summed E-state index contributed by atoms with van der Waals surface area (Å²) in [4.78, 5) is 10.5. The number of hydrogen-bond acceptors (Lipinski definition) is 2. The second kappa shape index (κ2) is 4.39. The zero-order chi connectivity index (χ0) is 12.3. The first-order valence-corrected chi connectivity index (χ1v) is 5.12. The maximum absolute atomic E-state index is 10.5. The Morgan fingerprint density at radius 2 is 1.75 bits per heavy atom. The first-order chi connectivity index (χ1) is 7.30. The third kappa shape index (κ3) is 3.12. The van der Waals surface area contributed by atoms with Crippen molar-refractivity contribution in [3.63, 3.8) is 0 Å². The van der Waals surface area contributed by atoms with E-state index in [4.69, 9.17) is 10.8 Å². The van der Waals surface area contributed by atoms with Gasteiger partial charge in [0.25, 0.3) is 0 Å². The topological polar surface area (TPSA) is 63.3 Å². The highest BCUT2D eigenvalue weighted by Gasteiger charge is 2.12. The Morgan fingerprint density at radius 3 is 2.12 bits per heavy atom. The highest BCUT2D eigenvalue weighted by Crippen LogP contribution is 2.22. The maximum atomic E-state index is 10.5. The molecule has 3 nitrogen and oxygen atoms in total. The first-order valence-electron chi connectivity index (χ1n) is 5.12. The van der Waals surface area contributed by atoms with Crippen molar-refractivity contribution in [2.24, 2.45) is 5.73 Å². The fraction of sp³-hybridized carbons (Fsp3) is 0.308. The van der Waals surface area contributed by atoms with Crippen LogP contribution in [0.5, 0.6) is 0 Å². The van der Waals surface area contributed by atoms with Gasteiger partial charge in [-0.3, -0.25) is 0 Å². The number of nitrogens with two attached hydrogens (primary N) is 1. The zero-order valence-corrected chi connectivity index (χ0v) is 9.82. The van der Waals surface area contributed by atoms with Crippen molar-refractivity contribution < 1.29 is 9.90 Å². The van der Waals surface area contributed by atoms with Gasteiger partial charge in [0.15, 0.2) is 0 Å². The van der Waals surface area contributed by atoms with Gasteiger partial charge >= 0.3 is 5.97 Å². The molecule has 0 unspecified atom stereocenters. The highest BCUT2D eigenvalue weighted by atomic mass is 16.4. The Labute approximate surface area is 95.6 Å². The number of hydrogen-bond donors (Lipinski definition) is 2. The summed E-state index contributed by atoms with van der Waals surface area (Å²) in [5.74, 6) is -1.10. The van der Waals surface area contributed by atoms with E-state index >= 15 is 0 Å². The van der Waals surface area contributed by atoms with Gasteiger partial charge < -0.3 is 10.8 Å². The lowest BCUT2D eigenvalue weighted by molar-refractivity contribution is -0.132. The molecule has 0 aliphatic rings. The van der Waals surface area contributed by atoms with Crippen molar-refractivity contribution in [1.82, 2.24) is 0 Å². The molecule has 86 valence electrons. The number of benzene rings is 1. The van der Waals surface area contributed by atoms with Crippen LogP contribution in [0, 0.1) is 0 Å². The van der Waals surface area contributed by atoms with Crippen LogP contribution in [0.2, 0.25) is 0 Å². The van der Waals surface area contributed by atoms with Crippen LogP contribution in [0.1, 0.15) is 31.9 Å². The van der Waals surface area contributed by atoms with Crippen LogP contribution in [-0.4, -0.2) is 11.1 Å². The molecular weight excluding hydrogens is 202 g/mol. The van der Waals surface area contributed by atoms with E-state index in [1.165, 1.54) is 11.6 Å². The Kier molecular flexibility index (Phi) is 3.38. The molecule has 0 aromatic heterocycles. The highest BCUT2D eigenvalue weighted by molar-refractivity contribution is 5.90. The minimum Gasteiger partial charge on any atom is -0.477 e. The van der Waals surface area contributed by atoms with E-state index in [0.717, 1.165) is 5.56 Å². The lowest BCUT2D eigenvalue weighted by Crippen LogP contribution is -2.11. The second-order valence-electron chi connectivity index (χ2n) is 4.78. The van der Waals surface area contributed by atoms with Crippen molar-refractivity contribution >= 4 is 12.0 Å². The van der Waals surface area contributed by atoms with Gasteiger partial charge in [0.2, 0.25) is 0 Å². The SMILES string of the molecule is CC(C)(C)c1ccc(/C=C(/N)C(=O)O)cc1. The van der Waals surface area contributed by atoms with Crippen molar-refractivity contribution in [3.8, 4) is 0 Å². The number of rotatable bonds is 2. The molecule has 3 N–H and O–H groups in total. The Morgan fingerprint density at radius 1 is 1.25 bits per heavy atom. The molecule has 0 heterocycles. The summed E-state index contributed by atoms with van der Waals surface area (Å²) in [5, 5.41) is 8.63. The van der Waals surface area contributed by atoms with Gasteiger partial charge in [-0.15, -0.1) is 0 Å². The van der Waals surface area contributed by atoms with Crippen LogP contribution in [-0.2, 0) is 10.2 Å². The third-order valence-corrected chi connectivity index (χ3v) is 2.35. The molecule has 1 rings (SSSR count). The summed E-state index contributed by atoms with van der Waals surface area (Å²) < 4.78 is 0. The molecule has 0 bridgehead atoms. The molecule has 1 aromatic carbocycles. The molecule has 16 heavy (non-hydrogen) atoms. The predicted molar refractivity (Wildman–Crippen MR) is 64.9 cm³/mol. The fourth-order valence-electron chi connectivity index (χ4n) is 1.32. The summed E-state index contributed by atoms with van der Waals surface area (Å²) in [6, 6.07) is 7.72. The molecule has 1 aromatic rings. The smallest absolute Gasteiger partial charge is 0.351 e. The largest absolute Gasteiger partial charge is 0.477 e. The number of carbonyl (C=O) groups is 1. The molecule has 0 spiro atoms. The number of carboxylic acid groups (broad SMARTS) is 1. The lowest BCUT2D eigenvalue weighted by atomic mass is 9.87. The minimum absolute atomic E-state index is 0.0978. The van der Waals surface area contributed by atoms with Gasteiger partial charge in [-0.25, -0.2) is 4.79 Å². The summed E-state index contributed by atoms with van der Waals surface area (Å²) in [7, 11) is 0. The summed E-state index contributed by atoms with van der Waals surface area (Å²) >= 11 is 0. The van der Waals surface area contributed by atoms with Crippen molar-refractivity contribution in [2.45, 2.75) is 26.2 Å². The predicted octanol–water partition coefficient (Wildman–Crippen LogP) is 2.37. The monoisotopic (exact) mass is 219 g/mol. The van der Waals surface area contributed by atoms with Gasteiger partial charge in [0.1, 0.15) is 5.70 Å². The average molecular weight is 219 g/mol. The minimum atomic E-state index is -1.10. The molecule has 0 aliphatic heterocycles. The third-order valence-electron chi connectivity index (χ3n) is 2.35. The molecule has 0 saturated heterocycles. The van der Waals surface area contributed by atoms with E-state index in [0.29, 0.717) is 0 Å². The zero-order valence-electron chi connectivity index (χ0n) is 9.82. The normalized spacial score (nSPS) is 12.6. The van der Waals surface area contributed by atoms with Crippen molar-refractivity contribution in [1.29, 1.82) is 0 Å². The maximum Gasteiger partial charge on any atom is 0.351 e. The van der Waals surface area contributed by atoms with Gasteiger partial charge in [0, 0.05) is 0 Å². The van der Waals surface area contributed by atoms with Gasteiger partial charge in [0.05, 0.1) is 0 Å². The van der Waals surface area contributed by atoms with E-state index in [1.807, 2.05) is 24.3 Å². The summed E-state index contributed by atoms with van der Waals surface area (Å²) in [6.45, 7) is 6.39. The first kappa shape index (κ1) is 12.3. The van der Waals surface area contributed by atoms with E-state index in [-0.39, 0.29) is 11.1 Å². The fourth-order valence-corrected chi connectivity index (χ4v) is 1.32. The van der Waals surface area contributed by atoms with Crippen LogP contribution >= 0.6 is 0 Å². The van der Waals surface area contributed by atoms with E-state index in [2.05, 4.69) is 20.8 Å². The van der Waals surface area contributed by atoms with Gasteiger partial charge in [-0.05, 0) is 22.6 Å². The van der Waals surface area contributed by atoms with Gasteiger partial charge in [-0.1, -0.05) is 45.0 Å². The van der Waals surface area contributed by atoms with E-state index < -0.39 is 5.97 Å². The standard InChI is InChI=1S/C13H17NO2/c1-13(2,3)10-6-4-9(5-7-10)8-11(14)12(15)16/h4-8H,14H2,1-3H3,(H,15,16)/b11-8+. The van der Waals surface area contributed by atoms with Crippen LogP contribution in [0.25, 0.3) is 6.08 Å². The average Bonchev–Trinajstić information content (AvgIpc) is 2.17. The molecule has 3 heteroatoms. The Hall–Kier alpha value is -1.77. The Bertz CT molecular complexity index is 411. The molecule has 0 atom stereocenters. The summed E-state index contributed by atoms with van der Waals surface area (Å²) in [5.41, 5.74) is 7.29. The molecular formula is C13H17NO2. The molecule has 0 aliphatic carbocycles. The quantitative estimate of drug-likeness (QED) is 0.750. The molecule has 0 amide bonds. The number of carboxylic acids is 1. The van der Waals surface area contributed by atoms with E-state index in [9.17, 15) is 4.79 Å². The second-order valence-corrected chi connectivity index (χ2v) is 4.78. The lowest BCUT2D eigenvalue weighted by Gasteiger charge is -2.18. The summed E-state index contributed by atoms with van der Waals surface area (Å²) in [6.07, 6.45) is 1.45. The molecule has 0 radical (unpaired) electrons. The van der Waals surface area contributed by atoms with Gasteiger partial charge in [-0.2, -0.15) is 0 Å². The number of aliphatic carboxylic acids is 1. The van der Waals surface area contributed by atoms with Crippen LogP contribution in [0.4, 0.5) is 0 Å². The van der Waals surface area contributed by atoms with E-state index in [1.54, 1.807) is 0 Å². The molecule has 0 saturated carbocycles.